The van der Waals surface area contributed by atoms with Crippen molar-refractivity contribution in [2.45, 2.75) is 32.3 Å². The van der Waals surface area contributed by atoms with Gasteiger partial charge in [-0.2, -0.15) is 0 Å². The molecule has 3 aromatic carbocycles. The first-order valence-electron chi connectivity index (χ1n) is 10.3. The van der Waals surface area contributed by atoms with Crippen molar-refractivity contribution in [1.82, 2.24) is 0 Å². The summed E-state index contributed by atoms with van der Waals surface area (Å²) >= 11 is 0. The molecule has 154 valence electrons. The summed E-state index contributed by atoms with van der Waals surface area (Å²) in [5.41, 5.74) is 3.24. The molecule has 1 aliphatic rings. The molecule has 1 atom stereocenters. The second-order valence-electron chi connectivity index (χ2n) is 8.54. The van der Waals surface area contributed by atoms with Crippen LogP contribution < -0.4 is 9.64 Å². The van der Waals surface area contributed by atoms with E-state index >= 15 is 0 Å². The largest absolute Gasteiger partial charge is 0.490 e. The zero-order chi connectivity index (χ0) is 21.1. The molecular formula is C26H27NO3. The van der Waals surface area contributed by atoms with Gasteiger partial charge in [-0.3, -0.25) is 9.69 Å². The number of benzene rings is 3. The minimum Gasteiger partial charge on any atom is -0.490 e. The van der Waals surface area contributed by atoms with Crippen LogP contribution in [-0.2, 0) is 10.2 Å². The molecule has 4 heteroatoms. The summed E-state index contributed by atoms with van der Waals surface area (Å²) in [7, 11) is 0. The molecule has 0 spiro atoms. The summed E-state index contributed by atoms with van der Waals surface area (Å²) in [4.78, 5) is 15.2. The number of carbonyl (C=O) groups excluding carboxylic acids is 1. The van der Waals surface area contributed by atoms with E-state index in [9.17, 15) is 4.79 Å². The highest BCUT2D eigenvalue weighted by atomic mass is 16.6. The molecule has 4 rings (SSSR count). The standard InChI is InChI=1S/C26H27NO3/c1-26(2,3)23-15-14-21(16-24(23)30-18-22-17-29-22)27(20-12-8-5-9-13-20)25(28)19-10-6-4-7-11-19/h4-16,22H,17-18H2,1-3H3. The van der Waals surface area contributed by atoms with Crippen LogP contribution in [0, 0.1) is 0 Å². The summed E-state index contributed by atoms with van der Waals surface area (Å²) in [6.45, 7) is 7.74. The van der Waals surface area contributed by atoms with Crippen molar-refractivity contribution in [3.8, 4) is 5.75 Å². The van der Waals surface area contributed by atoms with Crippen molar-refractivity contribution < 1.29 is 14.3 Å². The van der Waals surface area contributed by atoms with E-state index in [0.717, 1.165) is 29.3 Å². The highest BCUT2D eigenvalue weighted by Crippen LogP contribution is 2.37. The molecule has 0 aromatic heterocycles. The molecule has 1 fully saturated rings. The summed E-state index contributed by atoms with van der Waals surface area (Å²) in [6, 6.07) is 25.1. The normalized spacial score (nSPS) is 15.5. The van der Waals surface area contributed by atoms with Gasteiger partial charge in [0, 0.05) is 17.3 Å². The monoisotopic (exact) mass is 401 g/mol. The maximum absolute atomic E-state index is 13.5. The Kier molecular flexibility index (Phi) is 5.60. The highest BCUT2D eigenvalue weighted by Gasteiger charge is 2.27. The Morgan fingerprint density at radius 2 is 1.60 bits per heavy atom. The lowest BCUT2D eigenvalue weighted by molar-refractivity contribution is 0.0999. The predicted molar refractivity (Wildman–Crippen MR) is 120 cm³/mol. The van der Waals surface area contributed by atoms with Crippen LogP contribution in [0.4, 0.5) is 11.4 Å². The van der Waals surface area contributed by atoms with E-state index in [4.69, 9.17) is 9.47 Å². The van der Waals surface area contributed by atoms with E-state index in [1.54, 1.807) is 4.90 Å². The van der Waals surface area contributed by atoms with Crippen LogP contribution in [0.2, 0.25) is 0 Å². The van der Waals surface area contributed by atoms with Gasteiger partial charge in [0.1, 0.15) is 18.5 Å². The molecule has 3 aromatic rings. The average molecular weight is 402 g/mol. The fraction of sp³-hybridized carbons (Fsp3) is 0.269. The van der Waals surface area contributed by atoms with E-state index in [-0.39, 0.29) is 17.4 Å². The Balaban J connectivity index is 1.77. The molecule has 1 aliphatic heterocycles. The van der Waals surface area contributed by atoms with Gasteiger partial charge in [0.2, 0.25) is 0 Å². The second-order valence-corrected chi connectivity index (χ2v) is 8.54. The smallest absolute Gasteiger partial charge is 0.262 e. The van der Waals surface area contributed by atoms with Crippen LogP contribution in [0.15, 0.2) is 78.9 Å². The summed E-state index contributed by atoms with van der Waals surface area (Å²) in [6.07, 6.45) is 0.164. The fourth-order valence-electron chi connectivity index (χ4n) is 3.41. The molecule has 1 heterocycles. The first-order chi connectivity index (χ1) is 14.4. The predicted octanol–water partition coefficient (Wildman–Crippen LogP) is 5.74. The lowest BCUT2D eigenvalue weighted by Gasteiger charge is -2.27. The van der Waals surface area contributed by atoms with E-state index in [0.29, 0.717) is 12.2 Å². The van der Waals surface area contributed by atoms with Gasteiger partial charge in [-0.25, -0.2) is 0 Å². The quantitative estimate of drug-likeness (QED) is 0.495. The number of nitrogens with zero attached hydrogens (tertiary/aromatic N) is 1. The Morgan fingerprint density at radius 1 is 0.967 bits per heavy atom. The van der Waals surface area contributed by atoms with Gasteiger partial charge in [-0.15, -0.1) is 0 Å². The number of rotatable bonds is 6. The topological polar surface area (TPSA) is 42.1 Å². The number of hydrogen-bond acceptors (Lipinski definition) is 3. The van der Waals surface area contributed by atoms with Crippen molar-refractivity contribution in [2.75, 3.05) is 18.1 Å². The lowest BCUT2D eigenvalue weighted by Crippen LogP contribution is -2.26. The van der Waals surface area contributed by atoms with Crippen molar-refractivity contribution in [3.05, 3.63) is 90.0 Å². The van der Waals surface area contributed by atoms with Crippen LogP contribution >= 0.6 is 0 Å². The van der Waals surface area contributed by atoms with Crippen LogP contribution in [0.25, 0.3) is 0 Å². The number of ether oxygens (including phenoxy) is 2. The summed E-state index contributed by atoms with van der Waals surface area (Å²) in [5.74, 6) is 0.707. The van der Waals surface area contributed by atoms with Crippen molar-refractivity contribution >= 4 is 17.3 Å². The average Bonchev–Trinajstić information content (AvgIpc) is 3.58. The lowest BCUT2D eigenvalue weighted by atomic mass is 9.86. The zero-order valence-electron chi connectivity index (χ0n) is 17.7. The van der Waals surface area contributed by atoms with E-state index in [1.165, 1.54) is 0 Å². The number of carbonyl (C=O) groups is 1. The fourth-order valence-corrected chi connectivity index (χ4v) is 3.41. The SMILES string of the molecule is CC(C)(C)c1ccc(N(C(=O)c2ccccc2)c2ccccc2)cc1OCC1CO1. The third kappa shape index (κ3) is 4.55. The number of hydrogen-bond donors (Lipinski definition) is 0. The third-order valence-corrected chi connectivity index (χ3v) is 5.10. The first-order valence-corrected chi connectivity index (χ1v) is 10.3. The second kappa shape index (κ2) is 8.33. The number of para-hydroxylation sites is 1. The molecule has 0 bridgehead atoms. The van der Waals surface area contributed by atoms with E-state index in [2.05, 4.69) is 26.8 Å². The van der Waals surface area contributed by atoms with Crippen molar-refractivity contribution in [1.29, 1.82) is 0 Å². The molecule has 0 saturated carbocycles. The molecule has 0 N–H and O–H groups in total. The maximum atomic E-state index is 13.5. The van der Waals surface area contributed by atoms with Gasteiger partial charge in [0.25, 0.3) is 5.91 Å². The van der Waals surface area contributed by atoms with Crippen molar-refractivity contribution in [2.24, 2.45) is 0 Å². The van der Waals surface area contributed by atoms with Gasteiger partial charge >= 0.3 is 0 Å². The highest BCUT2D eigenvalue weighted by molar-refractivity contribution is 6.11. The first kappa shape index (κ1) is 20.2. The Morgan fingerprint density at radius 3 is 2.20 bits per heavy atom. The van der Waals surface area contributed by atoms with Crippen molar-refractivity contribution in [3.63, 3.8) is 0 Å². The van der Waals surface area contributed by atoms with Gasteiger partial charge in [-0.1, -0.05) is 63.2 Å². The van der Waals surface area contributed by atoms with Gasteiger partial charge in [0.15, 0.2) is 0 Å². The summed E-state index contributed by atoms with van der Waals surface area (Å²) < 4.78 is 11.4. The Hall–Kier alpha value is -3.11. The molecule has 1 unspecified atom stereocenters. The Labute approximate surface area is 178 Å². The molecule has 0 radical (unpaired) electrons. The van der Waals surface area contributed by atoms with Gasteiger partial charge < -0.3 is 9.47 Å². The Bertz CT molecular complexity index is 1010. The summed E-state index contributed by atoms with van der Waals surface area (Å²) in [5, 5.41) is 0. The molecule has 1 saturated heterocycles. The number of amides is 1. The minimum atomic E-state index is -0.0840. The molecule has 0 aliphatic carbocycles. The molecule has 1 amide bonds. The van der Waals surface area contributed by atoms with Gasteiger partial charge in [-0.05, 0) is 41.3 Å². The number of anilines is 2. The van der Waals surface area contributed by atoms with E-state index < -0.39 is 0 Å². The van der Waals surface area contributed by atoms with E-state index in [1.807, 2.05) is 72.8 Å². The minimum absolute atomic E-state index is 0.0817. The van der Waals surface area contributed by atoms with Crippen LogP contribution in [0.1, 0.15) is 36.7 Å². The van der Waals surface area contributed by atoms with Crippen LogP contribution in [0.3, 0.4) is 0 Å². The molecule has 30 heavy (non-hydrogen) atoms. The molecular weight excluding hydrogens is 374 g/mol. The van der Waals surface area contributed by atoms with Gasteiger partial charge in [0.05, 0.1) is 12.3 Å². The van der Waals surface area contributed by atoms with Crippen LogP contribution in [0.5, 0.6) is 5.75 Å². The maximum Gasteiger partial charge on any atom is 0.262 e. The molecule has 4 nitrogen and oxygen atoms in total. The third-order valence-electron chi connectivity index (χ3n) is 5.10. The zero-order valence-corrected chi connectivity index (χ0v) is 17.7. The number of epoxide rings is 1. The van der Waals surface area contributed by atoms with Crippen LogP contribution in [-0.4, -0.2) is 25.2 Å².